The Hall–Kier alpha value is -2.61. The number of hydrogen-bond acceptors (Lipinski definition) is 4. The van der Waals surface area contributed by atoms with Crippen LogP contribution in [0.15, 0.2) is 30.5 Å². The van der Waals surface area contributed by atoms with Gasteiger partial charge in [-0.2, -0.15) is 9.90 Å². The zero-order chi connectivity index (χ0) is 17.5. The van der Waals surface area contributed by atoms with Crippen molar-refractivity contribution >= 4 is 29.4 Å². The lowest BCUT2D eigenvalue weighted by molar-refractivity contribution is -0.122. The molecule has 3 amide bonds. The lowest BCUT2D eigenvalue weighted by Gasteiger charge is -2.09. The lowest BCUT2D eigenvalue weighted by Crippen LogP contribution is -2.30. The fraction of sp³-hybridized carbons (Fsp3) is 0.333. The van der Waals surface area contributed by atoms with E-state index in [0.717, 1.165) is 5.56 Å². The van der Waals surface area contributed by atoms with Crippen LogP contribution in [0.4, 0.5) is 10.6 Å². The number of hydrogen-bond donors (Lipinski definition) is 2. The van der Waals surface area contributed by atoms with Gasteiger partial charge in [0.25, 0.3) is 0 Å². The average Bonchev–Trinajstić information content (AvgIpc) is 2.94. The predicted molar refractivity (Wildman–Crippen MR) is 90.9 cm³/mol. The van der Waals surface area contributed by atoms with Gasteiger partial charge in [-0.25, -0.2) is 4.79 Å². The van der Waals surface area contributed by atoms with Crippen LogP contribution in [0, 0.1) is 0 Å². The van der Waals surface area contributed by atoms with Gasteiger partial charge in [-0.05, 0) is 24.1 Å². The Bertz CT molecular complexity index is 715. The monoisotopic (exact) mass is 350 g/mol. The van der Waals surface area contributed by atoms with Crippen molar-refractivity contribution in [3.8, 4) is 0 Å². The van der Waals surface area contributed by atoms with Crippen LogP contribution in [0.3, 0.4) is 0 Å². The molecular formula is C15H19ClN6O2. The number of aromatic nitrogens is 3. The first-order valence-corrected chi connectivity index (χ1v) is 7.71. The van der Waals surface area contributed by atoms with Gasteiger partial charge < -0.3 is 10.2 Å². The standard InChI is InChI=1S/C15H19ClN6O2/c1-21(2)15(24)19-13-9-18-22(20-13)10-14(23)17-7-6-11-4-3-5-12(16)8-11/h3-5,8-9H,6-7,10H2,1-2H3,(H,17,23)(H,19,20,24). The van der Waals surface area contributed by atoms with Gasteiger partial charge in [0.2, 0.25) is 5.91 Å². The van der Waals surface area contributed by atoms with E-state index >= 15 is 0 Å². The van der Waals surface area contributed by atoms with Crippen LogP contribution in [0.2, 0.25) is 5.02 Å². The molecule has 0 aliphatic heterocycles. The molecule has 1 heterocycles. The molecule has 0 aliphatic rings. The molecule has 2 N–H and O–H groups in total. The summed E-state index contributed by atoms with van der Waals surface area (Å²) >= 11 is 5.91. The second kappa shape index (κ2) is 8.30. The second-order valence-corrected chi connectivity index (χ2v) is 5.75. The van der Waals surface area contributed by atoms with E-state index in [-0.39, 0.29) is 18.5 Å². The fourth-order valence-corrected chi connectivity index (χ4v) is 2.09. The van der Waals surface area contributed by atoms with Crippen LogP contribution < -0.4 is 10.6 Å². The van der Waals surface area contributed by atoms with Crippen molar-refractivity contribution in [2.45, 2.75) is 13.0 Å². The molecule has 0 atom stereocenters. The third-order valence-electron chi connectivity index (χ3n) is 3.09. The number of urea groups is 1. The maximum atomic E-state index is 11.9. The molecule has 0 bridgehead atoms. The average molecular weight is 351 g/mol. The summed E-state index contributed by atoms with van der Waals surface area (Å²) < 4.78 is 0. The van der Waals surface area contributed by atoms with Crippen LogP contribution in [-0.4, -0.2) is 52.5 Å². The highest BCUT2D eigenvalue weighted by atomic mass is 35.5. The number of halogens is 1. The molecule has 0 unspecified atom stereocenters. The molecule has 0 fully saturated rings. The Morgan fingerprint density at radius 2 is 2.12 bits per heavy atom. The highest BCUT2D eigenvalue weighted by molar-refractivity contribution is 6.30. The second-order valence-electron chi connectivity index (χ2n) is 5.31. The topological polar surface area (TPSA) is 92.2 Å². The van der Waals surface area contributed by atoms with Gasteiger partial charge >= 0.3 is 6.03 Å². The molecule has 1 aromatic carbocycles. The Kier molecular flexibility index (Phi) is 6.14. The van der Waals surface area contributed by atoms with Gasteiger partial charge in [0, 0.05) is 25.7 Å². The summed E-state index contributed by atoms with van der Waals surface area (Å²) in [5, 5.41) is 14.0. The molecule has 0 aliphatic carbocycles. The van der Waals surface area contributed by atoms with E-state index < -0.39 is 0 Å². The molecule has 8 nitrogen and oxygen atoms in total. The SMILES string of the molecule is CN(C)C(=O)Nc1cnn(CC(=O)NCCc2cccc(Cl)c2)n1. The van der Waals surface area contributed by atoms with E-state index in [1.807, 2.05) is 18.2 Å². The van der Waals surface area contributed by atoms with Crippen molar-refractivity contribution in [2.75, 3.05) is 26.0 Å². The summed E-state index contributed by atoms with van der Waals surface area (Å²) in [6, 6.07) is 7.18. The maximum absolute atomic E-state index is 11.9. The van der Waals surface area contributed by atoms with Crippen LogP contribution in [0.5, 0.6) is 0 Å². The molecule has 24 heavy (non-hydrogen) atoms. The summed E-state index contributed by atoms with van der Waals surface area (Å²) in [4.78, 5) is 26.0. The van der Waals surface area contributed by atoms with E-state index in [0.29, 0.717) is 23.8 Å². The Labute approximate surface area is 144 Å². The highest BCUT2D eigenvalue weighted by Crippen LogP contribution is 2.10. The van der Waals surface area contributed by atoms with Crippen LogP contribution in [-0.2, 0) is 17.8 Å². The van der Waals surface area contributed by atoms with E-state index in [1.165, 1.54) is 15.9 Å². The predicted octanol–water partition coefficient (Wildman–Crippen LogP) is 1.38. The summed E-state index contributed by atoms with van der Waals surface area (Å²) in [5.74, 6) is 0.0820. The normalized spacial score (nSPS) is 10.3. The maximum Gasteiger partial charge on any atom is 0.322 e. The summed E-state index contributed by atoms with van der Waals surface area (Å²) in [7, 11) is 3.24. The fourth-order valence-electron chi connectivity index (χ4n) is 1.88. The number of carbonyl (C=O) groups excluding carboxylic acids is 2. The van der Waals surface area contributed by atoms with Crippen molar-refractivity contribution in [1.82, 2.24) is 25.2 Å². The van der Waals surface area contributed by atoms with Gasteiger partial charge in [-0.15, -0.1) is 5.10 Å². The molecule has 2 rings (SSSR count). The molecule has 0 spiro atoms. The molecule has 0 saturated carbocycles. The van der Waals surface area contributed by atoms with Gasteiger partial charge in [-0.1, -0.05) is 23.7 Å². The van der Waals surface area contributed by atoms with Gasteiger partial charge in [0.05, 0.1) is 6.20 Å². The molecule has 0 radical (unpaired) electrons. The number of anilines is 1. The lowest BCUT2D eigenvalue weighted by atomic mass is 10.1. The van der Waals surface area contributed by atoms with Crippen molar-refractivity contribution in [3.63, 3.8) is 0 Å². The quantitative estimate of drug-likeness (QED) is 0.823. The minimum absolute atomic E-state index is 0.0205. The van der Waals surface area contributed by atoms with Crippen molar-refractivity contribution in [1.29, 1.82) is 0 Å². The summed E-state index contributed by atoms with van der Waals surface area (Å²) in [6.45, 7) is 0.470. The molecular weight excluding hydrogens is 332 g/mol. The number of nitrogens with zero attached hydrogens (tertiary/aromatic N) is 4. The zero-order valence-electron chi connectivity index (χ0n) is 13.5. The summed E-state index contributed by atoms with van der Waals surface area (Å²) in [5.41, 5.74) is 1.05. The smallest absolute Gasteiger partial charge is 0.322 e. The van der Waals surface area contributed by atoms with Crippen molar-refractivity contribution in [2.24, 2.45) is 0 Å². The van der Waals surface area contributed by atoms with E-state index in [1.54, 1.807) is 20.2 Å². The Morgan fingerprint density at radius 3 is 2.83 bits per heavy atom. The minimum atomic E-state index is -0.312. The number of carbonyl (C=O) groups is 2. The largest absolute Gasteiger partial charge is 0.354 e. The minimum Gasteiger partial charge on any atom is -0.354 e. The van der Waals surface area contributed by atoms with Crippen LogP contribution in [0.1, 0.15) is 5.56 Å². The Balaban J connectivity index is 1.76. The van der Waals surface area contributed by atoms with Gasteiger partial charge in [0.15, 0.2) is 5.82 Å². The van der Waals surface area contributed by atoms with E-state index in [4.69, 9.17) is 11.6 Å². The van der Waals surface area contributed by atoms with E-state index in [2.05, 4.69) is 20.8 Å². The first kappa shape index (κ1) is 17.7. The highest BCUT2D eigenvalue weighted by Gasteiger charge is 2.09. The van der Waals surface area contributed by atoms with E-state index in [9.17, 15) is 9.59 Å². The first-order chi connectivity index (χ1) is 11.4. The summed E-state index contributed by atoms with van der Waals surface area (Å²) in [6.07, 6.45) is 2.07. The zero-order valence-corrected chi connectivity index (χ0v) is 14.2. The molecule has 128 valence electrons. The number of amides is 3. The van der Waals surface area contributed by atoms with Crippen molar-refractivity contribution < 1.29 is 9.59 Å². The molecule has 1 aromatic heterocycles. The molecule has 2 aromatic rings. The Morgan fingerprint density at radius 1 is 1.33 bits per heavy atom. The first-order valence-electron chi connectivity index (χ1n) is 7.33. The van der Waals surface area contributed by atoms with Crippen LogP contribution >= 0.6 is 11.6 Å². The molecule has 9 heteroatoms. The van der Waals surface area contributed by atoms with Gasteiger partial charge in [-0.3, -0.25) is 10.1 Å². The molecule has 0 saturated heterocycles. The van der Waals surface area contributed by atoms with Gasteiger partial charge in [0.1, 0.15) is 6.54 Å². The van der Waals surface area contributed by atoms with Crippen LogP contribution in [0.25, 0.3) is 0 Å². The number of rotatable bonds is 6. The third kappa shape index (κ3) is 5.54. The third-order valence-corrected chi connectivity index (χ3v) is 3.32. The van der Waals surface area contributed by atoms with Crippen molar-refractivity contribution in [3.05, 3.63) is 41.0 Å². The number of nitrogens with one attached hydrogen (secondary N) is 2. The number of benzene rings is 1.